The lowest BCUT2D eigenvalue weighted by Gasteiger charge is -2.16. The lowest BCUT2D eigenvalue weighted by molar-refractivity contribution is 0.0291. The molecular weight excluding hydrogens is 241 g/mol. The van der Waals surface area contributed by atoms with E-state index in [1.165, 1.54) is 17.2 Å². The minimum absolute atomic E-state index is 0.109. The Balaban J connectivity index is 2.08. The highest BCUT2D eigenvalue weighted by Crippen LogP contribution is 2.34. The predicted molar refractivity (Wildman–Crippen MR) is 60.3 cm³/mol. The molecule has 2 heterocycles. The molecule has 96 valence electrons. The van der Waals surface area contributed by atoms with Crippen molar-refractivity contribution < 1.29 is 14.6 Å². The van der Waals surface area contributed by atoms with Crippen LogP contribution in [0.5, 0.6) is 0 Å². The molecule has 7 nitrogen and oxygen atoms in total. The zero-order valence-corrected chi connectivity index (χ0v) is 9.31. The fourth-order valence-electron chi connectivity index (χ4n) is 2.35. The van der Waals surface area contributed by atoms with Gasteiger partial charge in [-0.25, -0.2) is 19.3 Å². The summed E-state index contributed by atoms with van der Waals surface area (Å²) in [5.41, 5.74) is 6.47. The molecule has 0 aromatic carbocycles. The predicted octanol–water partition coefficient (Wildman–Crippen LogP) is -0.587. The number of halogens is 1. The van der Waals surface area contributed by atoms with E-state index in [-0.39, 0.29) is 12.2 Å². The van der Waals surface area contributed by atoms with Crippen molar-refractivity contribution in [3.63, 3.8) is 0 Å². The fourth-order valence-corrected chi connectivity index (χ4v) is 2.35. The average molecular weight is 253 g/mol. The van der Waals surface area contributed by atoms with Gasteiger partial charge < -0.3 is 20.5 Å². The third-order valence-corrected chi connectivity index (χ3v) is 3.32. The molecule has 8 heteroatoms. The molecule has 3 rings (SSSR count). The van der Waals surface area contributed by atoms with Gasteiger partial charge in [0.25, 0.3) is 0 Å². The van der Waals surface area contributed by atoms with Crippen LogP contribution in [0.1, 0.15) is 12.5 Å². The smallest absolute Gasteiger partial charge is 0.165 e. The Kier molecular flexibility index (Phi) is 2.42. The van der Waals surface area contributed by atoms with Crippen molar-refractivity contribution in [2.45, 2.75) is 30.8 Å². The molecular formula is C10H12FN5O2. The minimum Gasteiger partial charge on any atom is -0.390 e. The molecule has 1 aliphatic rings. The molecule has 0 saturated heterocycles. The maximum Gasteiger partial charge on any atom is 0.165 e. The van der Waals surface area contributed by atoms with E-state index in [4.69, 9.17) is 5.73 Å². The molecule has 0 radical (unpaired) electrons. The Morgan fingerprint density at radius 3 is 2.78 bits per heavy atom. The molecule has 18 heavy (non-hydrogen) atoms. The van der Waals surface area contributed by atoms with Crippen molar-refractivity contribution in [2.75, 3.05) is 5.73 Å². The first kappa shape index (κ1) is 11.3. The van der Waals surface area contributed by atoms with E-state index in [1.807, 2.05) is 0 Å². The summed E-state index contributed by atoms with van der Waals surface area (Å²) < 4.78 is 15.0. The highest BCUT2D eigenvalue weighted by Gasteiger charge is 2.43. The van der Waals surface area contributed by atoms with Crippen LogP contribution in [0.4, 0.5) is 10.2 Å². The summed E-state index contributed by atoms with van der Waals surface area (Å²) in [5.74, 6) is 0.226. The molecule has 2 aromatic heterocycles. The molecule has 2 aromatic rings. The van der Waals surface area contributed by atoms with Gasteiger partial charge in [-0.1, -0.05) is 0 Å². The molecule has 0 aliphatic heterocycles. The van der Waals surface area contributed by atoms with Gasteiger partial charge in [0, 0.05) is 0 Å². The summed E-state index contributed by atoms with van der Waals surface area (Å²) >= 11 is 0. The number of nitrogen functional groups attached to an aromatic ring is 1. The monoisotopic (exact) mass is 253 g/mol. The highest BCUT2D eigenvalue weighted by atomic mass is 19.1. The van der Waals surface area contributed by atoms with Crippen LogP contribution in [0.25, 0.3) is 11.2 Å². The summed E-state index contributed by atoms with van der Waals surface area (Å²) in [7, 11) is 0. The number of alkyl halides is 1. The lowest BCUT2D eigenvalue weighted by Crippen LogP contribution is -2.27. The van der Waals surface area contributed by atoms with Gasteiger partial charge in [0.15, 0.2) is 17.6 Å². The molecule has 1 aliphatic carbocycles. The number of nitrogens with two attached hydrogens (primary N) is 1. The van der Waals surface area contributed by atoms with Crippen LogP contribution in [0, 0.1) is 0 Å². The van der Waals surface area contributed by atoms with E-state index in [2.05, 4.69) is 15.0 Å². The van der Waals surface area contributed by atoms with Crippen LogP contribution >= 0.6 is 0 Å². The lowest BCUT2D eigenvalue weighted by atomic mass is 10.2. The quantitative estimate of drug-likeness (QED) is 0.626. The molecule has 0 bridgehead atoms. The third kappa shape index (κ3) is 1.46. The third-order valence-electron chi connectivity index (χ3n) is 3.32. The van der Waals surface area contributed by atoms with Crippen molar-refractivity contribution in [3.05, 3.63) is 12.7 Å². The van der Waals surface area contributed by atoms with E-state index >= 15 is 0 Å². The second-order valence-electron chi connectivity index (χ2n) is 4.39. The van der Waals surface area contributed by atoms with E-state index in [0.717, 1.165) is 0 Å². The number of aliphatic hydroxyl groups is 2. The van der Waals surface area contributed by atoms with Gasteiger partial charge in [-0.2, -0.15) is 0 Å². The number of hydrogen-bond acceptors (Lipinski definition) is 6. The summed E-state index contributed by atoms with van der Waals surface area (Å²) in [4.78, 5) is 11.9. The van der Waals surface area contributed by atoms with Gasteiger partial charge in [-0.05, 0) is 6.42 Å². The zero-order chi connectivity index (χ0) is 12.9. The number of aromatic nitrogens is 4. The van der Waals surface area contributed by atoms with Crippen molar-refractivity contribution in [3.8, 4) is 0 Å². The number of rotatable bonds is 1. The number of imidazole rings is 1. The number of nitrogens with zero attached hydrogens (tertiary/aromatic N) is 4. The van der Waals surface area contributed by atoms with Crippen LogP contribution in [0.3, 0.4) is 0 Å². The second-order valence-corrected chi connectivity index (χ2v) is 4.39. The number of hydrogen-bond donors (Lipinski definition) is 3. The first-order valence-electron chi connectivity index (χ1n) is 5.53. The largest absolute Gasteiger partial charge is 0.390 e. The summed E-state index contributed by atoms with van der Waals surface area (Å²) in [6.45, 7) is 0. The zero-order valence-electron chi connectivity index (χ0n) is 9.31. The number of anilines is 1. The van der Waals surface area contributed by atoms with Gasteiger partial charge in [-0.15, -0.1) is 0 Å². The summed E-state index contributed by atoms with van der Waals surface area (Å²) in [5, 5.41) is 19.2. The Bertz CT molecular complexity index is 589. The number of fused-ring (bicyclic) bond motifs is 1. The maximum atomic E-state index is 13.4. The van der Waals surface area contributed by atoms with Crippen LogP contribution in [0.15, 0.2) is 12.7 Å². The first-order chi connectivity index (χ1) is 8.59. The molecule has 1 saturated carbocycles. The minimum atomic E-state index is -1.66. The van der Waals surface area contributed by atoms with E-state index < -0.39 is 24.4 Å². The van der Waals surface area contributed by atoms with Gasteiger partial charge in [-0.3, -0.25) is 0 Å². The highest BCUT2D eigenvalue weighted by molar-refractivity contribution is 5.81. The topological polar surface area (TPSA) is 110 Å². The van der Waals surface area contributed by atoms with Crippen LogP contribution < -0.4 is 5.73 Å². The molecule has 0 amide bonds. The van der Waals surface area contributed by atoms with Crippen molar-refractivity contribution in [1.82, 2.24) is 19.5 Å². The van der Waals surface area contributed by atoms with Gasteiger partial charge in [0.2, 0.25) is 0 Å². The van der Waals surface area contributed by atoms with Gasteiger partial charge in [0.1, 0.15) is 17.9 Å². The van der Waals surface area contributed by atoms with E-state index in [0.29, 0.717) is 11.2 Å². The molecule has 1 fully saturated rings. The second kappa shape index (κ2) is 3.85. The van der Waals surface area contributed by atoms with Crippen molar-refractivity contribution in [2.24, 2.45) is 0 Å². The van der Waals surface area contributed by atoms with Crippen LogP contribution in [-0.4, -0.2) is 48.1 Å². The molecule has 4 N–H and O–H groups in total. The standard InChI is InChI=1S/C10H12FN5O2/c11-6-5(17)1-4(8(6)18)16-3-15-7-9(12)13-2-14-10(7)16/h2-6,8,17-18H,1H2,(H2,12,13,14)/t4-,5+,6-,8+/m1/s1. The average Bonchev–Trinajstić information content (AvgIpc) is 2.88. The summed E-state index contributed by atoms with van der Waals surface area (Å²) in [6.07, 6.45) is -1.31. The maximum absolute atomic E-state index is 13.4. The van der Waals surface area contributed by atoms with Crippen molar-refractivity contribution in [1.29, 1.82) is 0 Å². The Hall–Kier alpha value is -1.80. The van der Waals surface area contributed by atoms with Crippen molar-refractivity contribution >= 4 is 17.0 Å². The molecule has 0 unspecified atom stereocenters. The molecule has 4 atom stereocenters. The first-order valence-corrected chi connectivity index (χ1v) is 5.53. The summed E-state index contributed by atoms with van der Waals surface area (Å²) in [6, 6.07) is -0.603. The Morgan fingerprint density at radius 2 is 2.11 bits per heavy atom. The fraction of sp³-hybridized carbons (Fsp3) is 0.500. The number of aliphatic hydroxyl groups excluding tert-OH is 2. The van der Waals surface area contributed by atoms with Gasteiger partial charge in [0.05, 0.1) is 18.5 Å². The van der Waals surface area contributed by atoms with Crippen LogP contribution in [-0.2, 0) is 0 Å². The SMILES string of the molecule is Nc1ncnc2c1ncn2[C@@H]1C[C@H](O)[C@@H](F)[C@H]1O. The van der Waals surface area contributed by atoms with E-state index in [1.54, 1.807) is 0 Å². The molecule has 0 spiro atoms. The normalized spacial score (nSPS) is 32.2. The Morgan fingerprint density at radius 1 is 1.33 bits per heavy atom. The van der Waals surface area contributed by atoms with Gasteiger partial charge >= 0.3 is 0 Å². The Labute approximate surface area is 101 Å². The van der Waals surface area contributed by atoms with Crippen LogP contribution in [0.2, 0.25) is 0 Å². The van der Waals surface area contributed by atoms with E-state index in [9.17, 15) is 14.6 Å².